The minimum absolute atomic E-state index is 0.135. The third-order valence-corrected chi connectivity index (χ3v) is 8.90. The number of rotatable bonds is 5. The lowest BCUT2D eigenvalue weighted by Gasteiger charge is -2.55. The van der Waals surface area contributed by atoms with Crippen LogP contribution >= 0.6 is 0 Å². The van der Waals surface area contributed by atoms with Gasteiger partial charge >= 0.3 is 5.97 Å². The topological polar surface area (TPSA) is 54.0 Å². The molecule has 2 unspecified atom stereocenters. The van der Waals surface area contributed by atoms with Crippen LogP contribution in [0.15, 0.2) is 66.7 Å². The second kappa shape index (κ2) is 8.32. The maximum atomic E-state index is 13.6. The largest absolute Gasteiger partial charge is 0.496 e. The van der Waals surface area contributed by atoms with E-state index in [0.29, 0.717) is 23.5 Å². The van der Waals surface area contributed by atoms with E-state index in [0.717, 1.165) is 41.2 Å². The predicted octanol–water partition coefficient (Wildman–Crippen LogP) is 5.98. The molecule has 3 aromatic carbocycles. The lowest BCUT2D eigenvalue weighted by atomic mass is 9.54. The second-order valence-corrected chi connectivity index (χ2v) is 11.3. The van der Waals surface area contributed by atoms with Crippen LogP contribution in [-0.4, -0.2) is 31.4 Å². The molecule has 0 radical (unpaired) electrons. The Morgan fingerprint density at radius 2 is 1.53 bits per heavy atom. The summed E-state index contributed by atoms with van der Waals surface area (Å²) in [6, 6.07) is 21.9. The Morgan fingerprint density at radius 3 is 2.22 bits per heavy atom. The maximum Gasteiger partial charge on any atom is 0.338 e. The fourth-order valence-electron chi connectivity index (χ4n) is 7.84. The Bertz CT molecular complexity index is 1270. The number of methoxy groups -OCH3 is 1. The summed E-state index contributed by atoms with van der Waals surface area (Å²) in [5.41, 5.74) is 1.26. The van der Waals surface area contributed by atoms with Crippen molar-refractivity contribution in [2.24, 2.45) is 17.8 Å². The zero-order valence-electron chi connectivity index (χ0n) is 20.7. The fraction of sp³-hybridized carbons (Fsp3) is 0.452. The van der Waals surface area contributed by atoms with E-state index in [-0.39, 0.29) is 18.2 Å². The third-order valence-electron chi connectivity index (χ3n) is 8.90. The van der Waals surface area contributed by atoms with Crippen LogP contribution in [-0.2, 0) is 24.8 Å². The Labute approximate surface area is 211 Å². The van der Waals surface area contributed by atoms with Crippen molar-refractivity contribution >= 4 is 16.7 Å². The van der Waals surface area contributed by atoms with E-state index in [1.165, 1.54) is 19.3 Å². The molecule has 4 aliphatic carbocycles. The van der Waals surface area contributed by atoms with Crippen LogP contribution in [0.5, 0.6) is 5.75 Å². The van der Waals surface area contributed by atoms with Crippen molar-refractivity contribution in [1.82, 2.24) is 0 Å². The molecule has 5 nitrogen and oxygen atoms in total. The summed E-state index contributed by atoms with van der Waals surface area (Å²) < 4.78 is 25.3. The zero-order chi connectivity index (χ0) is 24.3. The van der Waals surface area contributed by atoms with Crippen LogP contribution in [0.25, 0.3) is 10.8 Å². The van der Waals surface area contributed by atoms with Crippen LogP contribution in [0.1, 0.15) is 49.7 Å². The van der Waals surface area contributed by atoms with Gasteiger partial charge in [-0.25, -0.2) is 4.79 Å². The summed E-state index contributed by atoms with van der Waals surface area (Å²) in [4.78, 5) is 13.6. The highest BCUT2D eigenvalue weighted by atomic mass is 16.8. The first-order valence-corrected chi connectivity index (χ1v) is 13.2. The van der Waals surface area contributed by atoms with Crippen LogP contribution < -0.4 is 4.74 Å². The first-order valence-electron chi connectivity index (χ1n) is 13.2. The SMILES string of the molecule is COc1c(C2(c3ccccc3)OCC(C(=O)OC34CC5CC(CC(C5)C3)C4)O2)ccc2ccccc12. The van der Waals surface area contributed by atoms with Gasteiger partial charge in [0, 0.05) is 10.9 Å². The van der Waals surface area contributed by atoms with E-state index in [2.05, 4.69) is 6.07 Å². The van der Waals surface area contributed by atoms with E-state index >= 15 is 0 Å². The summed E-state index contributed by atoms with van der Waals surface area (Å²) in [5, 5.41) is 2.04. The fourth-order valence-corrected chi connectivity index (χ4v) is 7.84. The van der Waals surface area contributed by atoms with Gasteiger partial charge in [0.1, 0.15) is 11.4 Å². The molecule has 5 heteroatoms. The van der Waals surface area contributed by atoms with Crippen LogP contribution in [0.2, 0.25) is 0 Å². The predicted molar refractivity (Wildman–Crippen MR) is 136 cm³/mol. The lowest BCUT2D eigenvalue weighted by Crippen LogP contribution is -2.53. The molecule has 8 rings (SSSR count). The smallest absolute Gasteiger partial charge is 0.338 e. The van der Waals surface area contributed by atoms with Crippen molar-refractivity contribution in [3.8, 4) is 5.75 Å². The molecule has 186 valence electrons. The average Bonchev–Trinajstić information content (AvgIpc) is 3.34. The average molecular weight is 485 g/mol. The van der Waals surface area contributed by atoms with Crippen molar-refractivity contribution in [3.05, 3.63) is 77.9 Å². The highest BCUT2D eigenvalue weighted by molar-refractivity contribution is 5.90. The van der Waals surface area contributed by atoms with Gasteiger partial charge in [0.25, 0.3) is 0 Å². The van der Waals surface area contributed by atoms with E-state index < -0.39 is 11.9 Å². The van der Waals surface area contributed by atoms with Gasteiger partial charge in [-0.05, 0) is 67.7 Å². The highest BCUT2D eigenvalue weighted by Gasteiger charge is 2.55. The number of esters is 1. The number of carbonyl (C=O) groups is 1. The van der Waals surface area contributed by atoms with Gasteiger partial charge in [-0.15, -0.1) is 0 Å². The molecular formula is C31H32O5. The molecule has 2 atom stereocenters. The molecule has 1 aliphatic heterocycles. The molecular weight excluding hydrogens is 452 g/mol. The molecule has 36 heavy (non-hydrogen) atoms. The molecule has 4 saturated carbocycles. The Balaban J connectivity index is 1.23. The minimum Gasteiger partial charge on any atom is -0.496 e. The molecule has 4 bridgehead atoms. The van der Waals surface area contributed by atoms with Crippen LogP contribution in [0, 0.1) is 17.8 Å². The molecule has 0 spiro atoms. The summed E-state index contributed by atoms with van der Waals surface area (Å²) >= 11 is 0. The van der Waals surface area contributed by atoms with Crippen LogP contribution in [0.4, 0.5) is 0 Å². The van der Waals surface area contributed by atoms with Gasteiger partial charge in [0.15, 0.2) is 6.10 Å². The normalized spacial score (nSPS) is 34.7. The van der Waals surface area contributed by atoms with Crippen LogP contribution in [0.3, 0.4) is 0 Å². The monoisotopic (exact) mass is 484 g/mol. The summed E-state index contributed by atoms with van der Waals surface area (Å²) in [7, 11) is 1.66. The van der Waals surface area contributed by atoms with Crippen molar-refractivity contribution < 1.29 is 23.7 Å². The summed E-state index contributed by atoms with van der Waals surface area (Å²) in [6.45, 7) is 0.135. The number of fused-ring (bicyclic) bond motifs is 1. The highest BCUT2D eigenvalue weighted by Crippen LogP contribution is 2.57. The van der Waals surface area contributed by atoms with E-state index in [1.807, 2.05) is 60.7 Å². The van der Waals surface area contributed by atoms with Gasteiger partial charge < -0.3 is 18.9 Å². The summed E-state index contributed by atoms with van der Waals surface area (Å²) in [6.07, 6.45) is 6.12. The van der Waals surface area contributed by atoms with Crippen molar-refractivity contribution in [3.63, 3.8) is 0 Å². The molecule has 1 heterocycles. The Morgan fingerprint density at radius 1 is 0.861 bits per heavy atom. The number of hydrogen-bond acceptors (Lipinski definition) is 5. The van der Waals surface area contributed by atoms with E-state index in [4.69, 9.17) is 18.9 Å². The molecule has 5 aliphatic rings. The second-order valence-electron chi connectivity index (χ2n) is 11.3. The number of carbonyl (C=O) groups excluding carboxylic acids is 1. The van der Waals surface area contributed by atoms with Gasteiger partial charge in [0.05, 0.1) is 19.3 Å². The van der Waals surface area contributed by atoms with E-state index in [9.17, 15) is 4.79 Å². The number of benzene rings is 3. The van der Waals surface area contributed by atoms with Gasteiger partial charge in [-0.2, -0.15) is 0 Å². The van der Waals surface area contributed by atoms with Gasteiger partial charge in [0.2, 0.25) is 5.79 Å². The minimum atomic E-state index is -1.26. The summed E-state index contributed by atoms with van der Waals surface area (Å²) in [5.74, 6) is 1.24. The zero-order valence-corrected chi connectivity index (χ0v) is 20.7. The van der Waals surface area contributed by atoms with Crippen molar-refractivity contribution in [2.45, 2.75) is 56.0 Å². The Hall–Kier alpha value is -2.89. The number of ether oxygens (including phenoxy) is 4. The Kier molecular flexibility index (Phi) is 5.16. The third kappa shape index (κ3) is 3.47. The number of hydrogen-bond donors (Lipinski definition) is 0. The molecule has 1 saturated heterocycles. The van der Waals surface area contributed by atoms with Crippen molar-refractivity contribution in [1.29, 1.82) is 0 Å². The lowest BCUT2D eigenvalue weighted by molar-refractivity contribution is -0.202. The molecule has 0 N–H and O–H groups in total. The van der Waals surface area contributed by atoms with Gasteiger partial charge in [-0.3, -0.25) is 0 Å². The molecule has 5 fully saturated rings. The maximum absolute atomic E-state index is 13.6. The quantitative estimate of drug-likeness (QED) is 0.417. The van der Waals surface area contributed by atoms with Crippen molar-refractivity contribution in [2.75, 3.05) is 13.7 Å². The standard InChI is InChI=1S/C31H32O5/c1-33-28-25-10-6-5-7-23(25)11-12-26(28)31(24-8-3-2-4-9-24)34-19-27(35-31)29(32)36-30-16-20-13-21(17-30)15-22(14-20)18-30/h2-12,20-22,27H,13-19H2,1H3. The molecule has 0 amide bonds. The van der Waals surface area contributed by atoms with Gasteiger partial charge in [-0.1, -0.05) is 60.7 Å². The molecule has 0 aromatic heterocycles. The van der Waals surface area contributed by atoms with E-state index in [1.54, 1.807) is 7.11 Å². The first kappa shape index (κ1) is 22.3. The molecule has 3 aromatic rings. The first-order chi connectivity index (χ1) is 17.6.